The molecule has 0 aliphatic heterocycles. The Balaban J connectivity index is 2.37. The molecule has 2 aliphatic rings. The molecule has 1 saturated carbocycles. The zero-order valence-corrected chi connectivity index (χ0v) is 17.0. The van der Waals surface area contributed by atoms with E-state index in [0.29, 0.717) is 6.42 Å². The third kappa shape index (κ3) is 4.58. The average molecular weight is 365 g/mol. The van der Waals surface area contributed by atoms with E-state index >= 15 is 0 Å². The molecule has 0 aromatic heterocycles. The van der Waals surface area contributed by atoms with Crippen LogP contribution in [-0.4, -0.2) is 34.5 Å². The Bertz CT molecular complexity index is 577. The highest BCUT2D eigenvalue weighted by molar-refractivity contribution is 5.66. The highest BCUT2D eigenvalue weighted by Crippen LogP contribution is 2.56. The lowest BCUT2D eigenvalue weighted by molar-refractivity contribution is -0.144. The molecule has 26 heavy (non-hydrogen) atoms. The first kappa shape index (κ1) is 21.2. The molecule has 0 aromatic carbocycles. The Hall–Kier alpha value is -1.13. The largest absolute Gasteiger partial charge is 0.458 e. The summed E-state index contributed by atoms with van der Waals surface area (Å²) in [4.78, 5) is 11.4. The highest BCUT2D eigenvalue weighted by Gasteiger charge is 2.54. The van der Waals surface area contributed by atoms with E-state index in [2.05, 4.69) is 33.8 Å². The molecule has 4 nitrogen and oxygen atoms in total. The van der Waals surface area contributed by atoms with Gasteiger partial charge in [0.25, 0.3) is 0 Å². The lowest BCUT2D eigenvalue weighted by Gasteiger charge is -2.41. The smallest absolute Gasteiger partial charge is 0.303 e. The van der Waals surface area contributed by atoms with Crippen LogP contribution < -0.4 is 0 Å². The van der Waals surface area contributed by atoms with Crippen LogP contribution in [0.4, 0.5) is 0 Å². The molecule has 4 heteroatoms. The van der Waals surface area contributed by atoms with Gasteiger partial charge in [-0.1, -0.05) is 32.4 Å². The van der Waals surface area contributed by atoms with Crippen molar-refractivity contribution in [2.45, 2.75) is 84.8 Å². The summed E-state index contributed by atoms with van der Waals surface area (Å²) < 4.78 is 5.45. The van der Waals surface area contributed by atoms with E-state index < -0.39 is 5.60 Å². The first-order valence-corrected chi connectivity index (χ1v) is 9.96. The third-order valence-electron chi connectivity index (χ3n) is 6.68. The minimum Gasteiger partial charge on any atom is -0.458 e. The molecule has 2 N–H and O–H groups in total. The third-order valence-corrected chi connectivity index (χ3v) is 6.68. The topological polar surface area (TPSA) is 66.8 Å². The lowest BCUT2D eigenvalue weighted by Crippen LogP contribution is -2.43. The molecule has 0 bridgehead atoms. The Morgan fingerprint density at radius 2 is 2.08 bits per heavy atom. The second-order valence-corrected chi connectivity index (χ2v) is 8.98. The van der Waals surface area contributed by atoms with Gasteiger partial charge in [-0.15, -0.1) is 0 Å². The number of allylic oxidation sites excluding steroid dienone is 2. The van der Waals surface area contributed by atoms with E-state index in [9.17, 15) is 15.0 Å². The molecule has 0 saturated heterocycles. The zero-order chi connectivity index (χ0) is 19.5. The fraction of sp³-hybridized carbons (Fsp3) is 0.773. The van der Waals surface area contributed by atoms with Crippen LogP contribution in [0.2, 0.25) is 0 Å². The summed E-state index contributed by atoms with van der Waals surface area (Å²) in [5.74, 6) is 0.142. The molecule has 2 rings (SSSR count). The maximum absolute atomic E-state index is 11.4. The van der Waals surface area contributed by atoms with E-state index in [-0.39, 0.29) is 35.9 Å². The second kappa shape index (κ2) is 8.26. The van der Waals surface area contributed by atoms with Crippen LogP contribution in [0.3, 0.4) is 0 Å². The van der Waals surface area contributed by atoms with Crippen molar-refractivity contribution in [2.75, 3.05) is 6.61 Å². The maximum Gasteiger partial charge on any atom is 0.303 e. The van der Waals surface area contributed by atoms with E-state index in [1.807, 2.05) is 6.08 Å². The van der Waals surface area contributed by atoms with Gasteiger partial charge in [-0.25, -0.2) is 0 Å². The quantitative estimate of drug-likeness (QED) is 0.583. The Labute approximate surface area is 158 Å². The molecule has 0 spiro atoms. The van der Waals surface area contributed by atoms with Crippen molar-refractivity contribution in [3.05, 3.63) is 23.3 Å². The number of carbonyl (C=O) groups is 1. The predicted molar refractivity (Wildman–Crippen MR) is 104 cm³/mol. The minimum absolute atomic E-state index is 0.0279. The highest BCUT2D eigenvalue weighted by atomic mass is 16.5. The molecule has 148 valence electrons. The lowest BCUT2D eigenvalue weighted by atomic mass is 9.67. The van der Waals surface area contributed by atoms with Gasteiger partial charge in [0.15, 0.2) is 0 Å². The normalized spacial score (nSPS) is 36.0. The molecule has 4 atom stereocenters. The summed E-state index contributed by atoms with van der Waals surface area (Å²) in [6.07, 6.45) is 8.83. The number of carbonyl (C=O) groups excluding carboxylic acids is 1. The van der Waals surface area contributed by atoms with Crippen LogP contribution >= 0.6 is 0 Å². The fourth-order valence-corrected chi connectivity index (χ4v) is 4.94. The number of aliphatic hydroxyl groups is 2. The monoisotopic (exact) mass is 364 g/mol. The number of fused-ring (bicyclic) bond motifs is 1. The minimum atomic E-state index is -0.633. The molecule has 0 radical (unpaired) electrons. The van der Waals surface area contributed by atoms with Crippen LogP contribution in [0.15, 0.2) is 23.3 Å². The van der Waals surface area contributed by atoms with Gasteiger partial charge in [-0.3, -0.25) is 4.79 Å². The first-order chi connectivity index (χ1) is 12.1. The van der Waals surface area contributed by atoms with E-state index in [0.717, 1.165) is 37.7 Å². The standard InChI is InChI=1S/C22H36O4/c1-15(2)22(25)11-10-21(5)9-8-18(14-23)13-19(26-17(4)24)12-16(3)6-7-20(21)22/h8,12,15,19-20,23,25H,6-7,9-11,13-14H2,1-5H3. The van der Waals surface area contributed by atoms with Gasteiger partial charge < -0.3 is 14.9 Å². The van der Waals surface area contributed by atoms with Gasteiger partial charge in [0.05, 0.1) is 12.2 Å². The average Bonchev–Trinajstić information content (AvgIpc) is 2.80. The second-order valence-electron chi connectivity index (χ2n) is 8.98. The number of aliphatic hydroxyl groups excluding tert-OH is 1. The van der Waals surface area contributed by atoms with Crippen molar-refractivity contribution >= 4 is 5.97 Å². The SMILES string of the molecule is CC(=O)OC1C=C(C)CCC2C(C)(CC=C(CO)C1)CCC2(O)C(C)C. The molecule has 1 fully saturated rings. The van der Waals surface area contributed by atoms with Crippen molar-refractivity contribution in [3.8, 4) is 0 Å². The Morgan fingerprint density at radius 3 is 2.65 bits per heavy atom. The van der Waals surface area contributed by atoms with Crippen molar-refractivity contribution in [3.63, 3.8) is 0 Å². The summed E-state index contributed by atoms with van der Waals surface area (Å²) in [5.41, 5.74) is 1.48. The van der Waals surface area contributed by atoms with Crippen molar-refractivity contribution in [1.82, 2.24) is 0 Å². The number of hydrogen-bond donors (Lipinski definition) is 2. The molecule has 0 amide bonds. The molecule has 0 aromatic rings. The first-order valence-electron chi connectivity index (χ1n) is 9.96. The van der Waals surface area contributed by atoms with Crippen LogP contribution in [-0.2, 0) is 9.53 Å². The van der Waals surface area contributed by atoms with Crippen LogP contribution in [0.25, 0.3) is 0 Å². The molecular formula is C22H36O4. The summed E-state index contributed by atoms with van der Waals surface area (Å²) in [6.45, 7) is 9.97. The Morgan fingerprint density at radius 1 is 1.38 bits per heavy atom. The van der Waals surface area contributed by atoms with Crippen molar-refractivity contribution < 1.29 is 19.7 Å². The molecular weight excluding hydrogens is 328 g/mol. The van der Waals surface area contributed by atoms with Crippen LogP contribution in [0, 0.1) is 17.3 Å². The summed E-state index contributed by atoms with van der Waals surface area (Å²) in [7, 11) is 0. The number of hydrogen-bond acceptors (Lipinski definition) is 4. The summed E-state index contributed by atoms with van der Waals surface area (Å²) >= 11 is 0. The Kier molecular flexibility index (Phi) is 6.73. The number of ether oxygens (including phenoxy) is 1. The van der Waals surface area contributed by atoms with Crippen LogP contribution in [0.1, 0.15) is 73.1 Å². The van der Waals surface area contributed by atoms with Crippen LogP contribution in [0.5, 0.6) is 0 Å². The number of esters is 1. The van der Waals surface area contributed by atoms with Gasteiger partial charge in [0, 0.05) is 13.3 Å². The summed E-state index contributed by atoms with van der Waals surface area (Å²) in [5, 5.41) is 21.2. The van der Waals surface area contributed by atoms with E-state index in [4.69, 9.17) is 4.74 Å². The van der Waals surface area contributed by atoms with Crippen molar-refractivity contribution in [2.24, 2.45) is 17.3 Å². The number of rotatable bonds is 3. The predicted octanol–water partition coefficient (Wildman–Crippen LogP) is 4.16. The van der Waals surface area contributed by atoms with Gasteiger partial charge >= 0.3 is 5.97 Å². The fourth-order valence-electron chi connectivity index (χ4n) is 4.94. The zero-order valence-electron chi connectivity index (χ0n) is 17.0. The summed E-state index contributed by atoms with van der Waals surface area (Å²) in [6, 6.07) is 0. The van der Waals surface area contributed by atoms with Gasteiger partial charge in [-0.2, -0.15) is 0 Å². The van der Waals surface area contributed by atoms with Gasteiger partial charge in [0.1, 0.15) is 6.10 Å². The van der Waals surface area contributed by atoms with E-state index in [1.54, 1.807) is 0 Å². The van der Waals surface area contributed by atoms with E-state index in [1.165, 1.54) is 12.5 Å². The molecule has 2 aliphatic carbocycles. The molecule has 4 unspecified atom stereocenters. The van der Waals surface area contributed by atoms with Crippen molar-refractivity contribution in [1.29, 1.82) is 0 Å². The van der Waals surface area contributed by atoms with Gasteiger partial charge in [0.2, 0.25) is 0 Å². The van der Waals surface area contributed by atoms with Gasteiger partial charge in [-0.05, 0) is 67.9 Å². The maximum atomic E-state index is 11.4. The molecule has 0 heterocycles.